The van der Waals surface area contributed by atoms with Gasteiger partial charge in [-0.1, -0.05) is 6.92 Å². The van der Waals surface area contributed by atoms with E-state index in [-0.39, 0.29) is 5.78 Å². The molecule has 0 atom stereocenters. The Morgan fingerprint density at radius 1 is 1.31 bits per heavy atom. The third-order valence-corrected chi connectivity index (χ3v) is 3.02. The first-order valence-electron chi connectivity index (χ1n) is 5.01. The van der Waals surface area contributed by atoms with Crippen LogP contribution in [-0.4, -0.2) is 20.0 Å². The Balaban J connectivity index is 3.56. The monoisotopic (exact) mass is 286 g/mol. The van der Waals surface area contributed by atoms with E-state index in [1.165, 1.54) is 0 Å². The molecule has 0 aliphatic carbocycles. The number of rotatable bonds is 4. The fourth-order valence-electron chi connectivity index (χ4n) is 1.72. The highest BCUT2D eigenvalue weighted by atomic mass is 79.9. The Morgan fingerprint density at radius 2 is 1.88 bits per heavy atom. The molecular weight excluding hydrogens is 272 g/mol. The summed E-state index contributed by atoms with van der Waals surface area (Å²) in [5.74, 6) is 1.28. The highest BCUT2D eigenvalue weighted by Crippen LogP contribution is 2.40. The van der Waals surface area contributed by atoms with Gasteiger partial charge in [0.1, 0.15) is 0 Å². The quantitative estimate of drug-likeness (QED) is 0.797. The molecule has 0 aliphatic heterocycles. The molecule has 1 rings (SSSR count). The van der Waals surface area contributed by atoms with Crippen molar-refractivity contribution in [3.63, 3.8) is 0 Å². The Kier molecular flexibility index (Phi) is 4.35. The number of ether oxygens (including phenoxy) is 2. The molecule has 0 amide bonds. The van der Waals surface area contributed by atoms with Crippen LogP contribution in [0.15, 0.2) is 10.5 Å². The molecule has 1 aromatic carbocycles. The van der Waals surface area contributed by atoms with Crippen LogP contribution in [-0.2, 0) is 6.42 Å². The van der Waals surface area contributed by atoms with Crippen molar-refractivity contribution < 1.29 is 14.3 Å². The number of hydrogen-bond donors (Lipinski definition) is 0. The normalized spacial score (nSPS) is 10.1. The molecule has 3 nitrogen and oxygen atoms in total. The second-order valence-corrected chi connectivity index (χ2v) is 4.22. The molecule has 0 radical (unpaired) electrons. The molecule has 0 spiro atoms. The van der Waals surface area contributed by atoms with Crippen molar-refractivity contribution in [2.75, 3.05) is 14.2 Å². The predicted molar refractivity (Wildman–Crippen MR) is 66.6 cm³/mol. The Hall–Kier alpha value is -1.03. The lowest BCUT2D eigenvalue weighted by molar-refractivity contribution is 0.101. The van der Waals surface area contributed by atoms with Crippen LogP contribution in [0.5, 0.6) is 11.5 Å². The maximum Gasteiger partial charge on any atom is 0.175 e. The van der Waals surface area contributed by atoms with Gasteiger partial charge in [0.25, 0.3) is 0 Å². The predicted octanol–water partition coefficient (Wildman–Crippen LogP) is 3.23. The van der Waals surface area contributed by atoms with Crippen LogP contribution in [0.3, 0.4) is 0 Å². The van der Waals surface area contributed by atoms with Crippen molar-refractivity contribution in [2.45, 2.75) is 20.3 Å². The van der Waals surface area contributed by atoms with Crippen LogP contribution in [0.2, 0.25) is 0 Å². The summed E-state index contributed by atoms with van der Waals surface area (Å²) in [5.41, 5.74) is 1.56. The van der Waals surface area contributed by atoms with Crippen molar-refractivity contribution in [1.29, 1.82) is 0 Å². The molecule has 0 unspecified atom stereocenters. The second-order valence-electron chi connectivity index (χ2n) is 3.36. The molecule has 1 aromatic rings. The summed E-state index contributed by atoms with van der Waals surface area (Å²) in [6.45, 7) is 3.53. The van der Waals surface area contributed by atoms with Gasteiger partial charge in [0, 0.05) is 11.1 Å². The van der Waals surface area contributed by atoms with Crippen molar-refractivity contribution in [3.05, 3.63) is 21.7 Å². The van der Waals surface area contributed by atoms with Gasteiger partial charge in [0.05, 0.1) is 18.7 Å². The number of Topliss-reactive ketones (excluding diaryl/α,β-unsaturated/α-hetero) is 1. The number of ketones is 1. The van der Waals surface area contributed by atoms with Gasteiger partial charge in [-0.3, -0.25) is 4.79 Å². The lowest BCUT2D eigenvalue weighted by atomic mass is 10.0. The molecular formula is C12H15BrO3. The molecule has 4 heteroatoms. The molecule has 0 fully saturated rings. The maximum atomic E-state index is 11.5. The smallest absolute Gasteiger partial charge is 0.175 e. The number of halogens is 1. The summed E-state index contributed by atoms with van der Waals surface area (Å²) >= 11 is 3.37. The van der Waals surface area contributed by atoms with Gasteiger partial charge >= 0.3 is 0 Å². The minimum atomic E-state index is 0.0264. The third kappa shape index (κ3) is 2.21. The van der Waals surface area contributed by atoms with E-state index in [0.29, 0.717) is 17.1 Å². The molecule has 16 heavy (non-hydrogen) atoms. The first-order chi connectivity index (χ1) is 7.56. The second kappa shape index (κ2) is 5.34. The van der Waals surface area contributed by atoms with Gasteiger partial charge in [-0.05, 0) is 35.3 Å². The zero-order valence-corrected chi connectivity index (χ0v) is 11.5. The summed E-state index contributed by atoms with van der Waals surface area (Å²) in [6.07, 6.45) is 0.724. The Morgan fingerprint density at radius 3 is 2.25 bits per heavy atom. The topological polar surface area (TPSA) is 35.5 Å². The largest absolute Gasteiger partial charge is 0.493 e. The van der Waals surface area contributed by atoms with Crippen LogP contribution in [0.25, 0.3) is 0 Å². The lowest BCUT2D eigenvalue weighted by Gasteiger charge is -2.16. The SMILES string of the molecule is CCc1c(C(C)=O)cc(Br)c(OC)c1OC. The van der Waals surface area contributed by atoms with E-state index in [2.05, 4.69) is 15.9 Å². The van der Waals surface area contributed by atoms with Gasteiger partial charge in [0.15, 0.2) is 17.3 Å². The molecule has 0 saturated heterocycles. The summed E-state index contributed by atoms with van der Waals surface area (Å²) < 4.78 is 11.3. The van der Waals surface area contributed by atoms with E-state index in [0.717, 1.165) is 16.5 Å². The van der Waals surface area contributed by atoms with Gasteiger partial charge in [0.2, 0.25) is 0 Å². The lowest BCUT2D eigenvalue weighted by Crippen LogP contribution is -2.04. The van der Waals surface area contributed by atoms with Crippen molar-refractivity contribution >= 4 is 21.7 Å². The molecule has 0 saturated carbocycles. The van der Waals surface area contributed by atoms with Crippen molar-refractivity contribution in [3.8, 4) is 11.5 Å². The standard InChI is InChI=1S/C12H15BrO3/c1-5-8-9(7(2)14)6-10(13)12(16-4)11(8)15-3/h6H,5H2,1-4H3. The van der Waals surface area contributed by atoms with Crippen LogP contribution in [0, 0.1) is 0 Å². The average molecular weight is 287 g/mol. The number of hydrogen-bond acceptors (Lipinski definition) is 3. The molecule has 88 valence electrons. The van der Waals surface area contributed by atoms with Crippen LogP contribution in [0.1, 0.15) is 29.8 Å². The summed E-state index contributed by atoms with van der Waals surface area (Å²) in [5, 5.41) is 0. The zero-order chi connectivity index (χ0) is 12.3. The van der Waals surface area contributed by atoms with Crippen LogP contribution in [0.4, 0.5) is 0 Å². The van der Waals surface area contributed by atoms with E-state index in [1.54, 1.807) is 27.2 Å². The van der Waals surface area contributed by atoms with Crippen LogP contribution >= 0.6 is 15.9 Å². The van der Waals surface area contributed by atoms with E-state index in [9.17, 15) is 4.79 Å². The Bertz CT molecular complexity index is 413. The van der Waals surface area contributed by atoms with E-state index in [1.807, 2.05) is 6.92 Å². The van der Waals surface area contributed by atoms with E-state index < -0.39 is 0 Å². The molecule has 0 bridgehead atoms. The van der Waals surface area contributed by atoms with Crippen LogP contribution < -0.4 is 9.47 Å². The molecule has 0 aromatic heterocycles. The minimum absolute atomic E-state index is 0.0264. The first kappa shape index (κ1) is 13.0. The fourth-order valence-corrected chi connectivity index (χ4v) is 2.29. The number of carbonyl (C=O) groups excluding carboxylic acids is 1. The van der Waals surface area contributed by atoms with Crippen molar-refractivity contribution in [2.24, 2.45) is 0 Å². The van der Waals surface area contributed by atoms with Gasteiger partial charge < -0.3 is 9.47 Å². The van der Waals surface area contributed by atoms with Crippen molar-refractivity contribution in [1.82, 2.24) is 0 Å². The first-order valence-corrected chi connectivity index (χ1v) is 5.80. The third-order valence-electron chi connectivity index (χ3n) is 2.43. The van der Waals surface area contributed by atoms with E-state index in [4.69, 9.17) is 9.47 Å². The van der Waals surface area contributed by atoms with Gasteiger partial charge in [-0.25, -0.2) is 0 Å². The highest BCUT2D eigenvalue weighted by Gasteiger charge is 2.19. The minimum Gasteiger partial charge on any atom is -0.493 e. The Labute approximate surface area is 104 Å². The average Bonchev–Trinajstić information content (AvgIpc) is 2.27. The van der Waals surface area contributed by atoms with Gasteiger partial charge in [-0.15, -0.1) is 0 Å². The number of methoxy groups -OCH3 is 2. The van der Waals surface area contributed by atoms with Gasteiger partial charge in [-0.2, -0.15) is 0 Å². The fraction of sp³-hybridized carbons (Fsp3) is 0.417. The number of benzene rings is 1. The zero-order valence-electron chi connectivity index (χ0n) is 9.89. The molecule has 0 aliphatic rings. The number of carbonyl (C=O) groups is 1. The highest BCUT2D eigenvalue weighted by molar-refractivity contribution is 9.10. The maximum absolute atomic E-state index is 11.5. The summed E-state index contributed by atoms with van der Waals surface area (Å²) in [4.78, 5) is 11.5. The molecule has 0 N–H and O–H groups in total. The summed E-state index contributed by atoms with van der Waals surface area (Å²) in [7, 11) is 3.16. The summed E-state index contributed by atoms with van der Waals surface area (Å²) in [6, 6.07) is 1.78. The molecule has 0 heterocycles. The van der Waals surface area contributed by atoms with E-state index >= 15 is 0 Å².